The van der Waals surface area contributed by atoms with E-state index in [0.29, 0.717) is 11.3 Å². The third-order valence-electron chi connectivity index (χ3n) is 2.99. The summed E-state index contributed by atoms with van der Waals surface area (Å²) in [4.78, 5) is -0.347. The first kappa shape index (κ1) is 16.4. The van der Waals surface area contributed by atoms with Crippen molar-refractivity contribution >= 4 is 31.9 Å². The average molecular weight is 424 g/mol. The molecule has 0 spiro atoms. The fourth-order valence-electron chi connectivity index (χ4n) is 1.89. The smallest absolute Gasteiger partial charge is 0.416 e. The van der Waals surface area contributed by atoms with Crippen LogP contribution in [0, 0.1) is 0 Å². The minimum atomic E-state index is -4.35. The zero-order valence-corrected chi connectivity index (χ0v) is 14.1. The number of alkyl halides is 4. The monoisotopic (exact) mass is 422 g/mol. The Morgan fingerprint density at radius 2 is 1.81 bits per heavy atom. The van der Waals surface area contributed by atoms with Crippen molar-refractivity contribution in [1.82, 2.24) is 0 Å². The summed E-state index contributed by atoms with van der Waals surface area (Å²) < 4.78 is 44.2. The van der Waals surface area contributed by atoms with Crippen LogP contribution < -0.4 is 4.74 Å². The zero-order chi connectivity index (χ0) is 15.6. The summed E-state index contributed by atoms with van der Waals surface area (Å²) in [7, 11) is 1.56. The second-order valence-electron chi connectivity index (χ2n) is 4.37. The molecule has 1 nitrogen and oxygen atoms in total. The van der Waals surface area contributed by atoms with Gasteiger partial charge in [0.15, 0.2) is 0 Å². The van der Waals surface area contributed by atoms with Gasteiger partial charge in [0.05, 0.1) is 17.5 Å². The van der Waals surface area contributed by atoms with Crippen LogP contribution in [0.1, 0.15) is 21.5 Å². The van der Waals surface area contributed by atoms with Gasteiger partial charge in [-0.05, 0) is 29.3 Å². The maximum atomic E-state index is 12.8. The molecule has 2 rings (SSSR count). The highest BCUT2D eigenvalue weighted by Gasteiger charge is 2.31. The quantitative estimate of drug-likeness (QED) is 0.553. The van der Waals surface area contributed by atoms with Gasteiger partial charge < -0.3 is 4.74 Å². The Balaban J connectivity index is 2.38. The third kappa shape index (κ3) is 3.80. The molecule has 0 fully saturated rings. The molecule has 0 saturated heterocycles. The first-order valence-corrected chi connectivity index (χ1v) is 7.68. The molecular weight excluding hydrogens is 413 g/mol. The zero-order valence-electron chi connectivity index (χ0n) is 10.9. The predicted octanol–water partition coefficient (Wildman–Crippen LogP) is 5.96. The lowest BCUT2D eigenvalue weighted by Crippen LogP contribution is -2.06. The van der Waals surface area contributed by atoms with Crippen molar-refractivity contribution in [3.8, 4) is 5.75 Å². The largest absolute Gasteiger partial charge is 0.497 e. The fraction of sp³-hybridized carbons (Fsp3) is 0.200. The second kappa shape index (κ2) is 6.40. The van der Waals surface area contributed by atoms with Gasteiger partial charge in [-0.3, -0.25) is 0 Å². The number of hydrogen-bond acceptors (Lipinski definition) is 1. The highest BCUT2D eigenvalue weighted by atomic mass is 79.9. The molecule has 0 radical (unpaired) electrons. The number of hydrogen-bond donors (Lipinski definition) is 0. The van der Waals surface area contributed by atoms with Gasteiger partial charge in [0.25, 0.3) is 0 Å². The number of methoxy groups -OCH3 is 1. The van der Waals surface area contributed by atoms with Crippen molar-refractivity contribution < 1.29 is 17.9 Å². The lowest BCUT2D eigenvalue weighted by molar-refractivity contribution is -0.137. The Hall–Kier alpha value is -1.01. The van der Waals surface area contributed by atoms with E-state index >= 15 is 0 Å². The maximum Gasteiger partial charge on any atom is 0.416 e. The SMILES string of the molecule is COc1ccc(C(Br)c2cccc(C(F)(F)F)c2)c(Br)c1. The minimum Gasteiger partial charge on any atom is -0.497 e. The summed E-state index contributed by atoms with van der Waals surface area (Å²) in [6.45, 7) is 0. The van der Waals surface area contributed by atoms with Gasteiger partial charge in [0.1, 0.15) is 5.75 Å². The van der Waals surface area contributed by atoms with Gasteiger partial charge in [0, 0.05) is 4.47 Å². The van der Waals surface area contributed by atoms with Crippen molar-refractivity contribution in [3.63, 3.8) is 0 Å². The number of benzene rings is 2. The summed E-state index contributed by atoms with van der Waals surface area (Å²) in [5.74, 6) is 0.675. The summed E-state index contributed by atoms with van der Waals surface area (Å²) in [5, 5.41) is 0. The van der Waals surface area contributed by atoms with Crippen LogP contribution in [-0.4, -0.2) is 7.11 Å². The Morgan fingerprint density at radius 3 is 2.38 bits per heavy atom. The van der Waals surface area contributed by atoms with E-state index in [2.05, 4.69) is 31.9 Å². The van der Waals surface area contributed by atoms with Crippen molar-refractivity contribution in [2.24, 2.45) is 0 Å². The second-order valence-corrected chi connectivity index (χ2v) is 6.14. The van der Waals surface area contributed by atoms with E-state index in [1.165, 1.54) is 6.07 Å². The van der Waals surface area contributed by atoms with E-state index in [0.717, 1.165) is 22.2 Å². The molecule has 21 heavy (non-hydrogen) atoms. The van der Waals surface area contributed by atoms with Crippen LogP contribution >= 0.6 is 31.9 Å². The summed E-state index contributed by atoms with van der Waals surface area (Å²) in [5.41, 5.74) is 0.708. The Morgan fingerprint density at radius 1 is 1.10 bits per heavy atom. The molecule has 0 aromatic heterocycles. The highest BCUT2D eigenvalue weighted by Crippen LogP contribution is 2.39. The lowest BCUT2D eigenvalue weighted by atomic mass is 10.0. The predicted molar refractivity (Wildman–Crippen MR) is 82.9 cm³/mol. The Kier molecular flexibility index (Phi) is 4.99. The number of ether oxygens (including phenoxy) is 1. The molecule has 0 bridgehead atoms. The molecule has 112 valence electrons. The van der Waals surface area contributed by atoms with E-state index in [-0.39, 0.29) is 4.83 Å². The van der Waals surface area contributed by atoms with Gasteiger partial charge in [0.2, 0.25) is 0 Å². The van der Waals surface area contributed by atoms with Crippen molar-refractivity contribution in [2.45, 2.75) is 11.0 Å². The van der Waals surface area contributed by atoms with Gasteiger partial charge in [-0.1, -0.05) is 56.1 Å². The summed E-state index contributed by atoms with van der Waals surface area (Å²) in [6.07, 6.45) is -4.35. The normalized spacial score (nSPS) is 13.0. The molecule has 2 aromatic rings. The number of rotatable bonds is 3. The van der Waals surface area contributed by atoms with E-state index in [1.807, 2.05) is 6.07 Å². The lowest BCUT2D eigenvalue weighted by Gasteiger charge is -2.15. The third-order valence-corrected chi connectivity index (χ3v) is 4.70. The van der Waals surface area contributed by atoms with Crippen molar-refractivity contribution in [2.75, 3.05) is 7.11 Å². The van der Waals surface area contributed by atoms with E-state index in [1.54, 1.807) is 25.3 Å². The molecule has 0 aliphatic carbocycles. The van der Waals surface area contributed by atoms with Crippen LogP contribution in [0.25, 0.3) is 0 Å². The standard InChI is InChI=1S/C15H11Br2F3O/c1-21-11-5-6-12(13(16)8-11)14(17)9-3-2-4-10(7-9)15(18,19)20/h2-8,14H,1H3. The van der Waals surface area contributed by atoms with E-state index in [9.17, 15) is 13.2 Å². The van der Waals surface area contributed by atoms with Crippen molar-refractivity contribution in [3.05, 3.63) is 63.6 Å². The highest BCUT2D eigenvalue weighted by molar-refractivity contribution is 9.11. The van der Waals surface area contributed by atoms with Crippen LogP contribution in [-0.2, 0) is 6.18 Å². The molecule has 0 amide bonds. The van der Waals surface area contributed by atoms with Crippen LogP contribution in [0.2, 0.25) is 0 Å². The van der Waals surface area contributed by atoms with Crippen LogP contribution in [0.15, 0.2) is 46.9 Å². The summed E-state index contributed by atoms with van der Waals surface area (Å²) in [6, 6.07) is 10.6. The Labute approximate surface area is 137 Å². The molecule has 0 aliphatic heterocycles. The average Bonchev–Trinajstić information content (AvgIpc) is 2.45. The molecule has 1 unspecified atom stereocenters. The molecule has 0 saturated carbocycles. The van der Waals surface area contributed by atoms with Gasteiger partial charge in [-0.15, -0.1) is 0 Å². The van der Waals surface area contributed by atoms with Crippen LogP contribution in [0.5, 0.6) is 5.75 Å². The molecular formula is C15H11Br2F3O. The summed E-state index contributed by atoms with van der Waals surface area (Å²) >= 11 is 6.87. The molecule has 0 N–H and O–H groups in total. The first-order chi connectivity index (χ1) is 9.82. The first-order valence-electron chi connectivity index (χ1n) is 5.97. The fourth-order valence-corrected chi connectivity index (χ4v) is 3.47. The molecule has 2 aromatic carbocycles. The van der Waals surface area contributed by atoms with Crippen LogP contribution in [0.4, 0.5) is 13.2 Å². The van der Waals surface area contributed by atoms with Crippen LogP contribution in [0.3, 0.4) is 0 Å². The topological polar surface area (TPSA) is 9.23 Å². The Bertz CT molecular complexity index is 641. The molecule has 1 atom stereocenters. The van der Waals surface area contributed by atoms with Gasteiger partial charge in [-0.2, -0.15) is 13.2 Å². The number of halogens is 5. The van der Waals surface area contributed by atoms with E-state index < -0.39 is 11.7 Å². The van der Waals surface area contributed by atoms with E-state index in [4.69, 9.17) is 4.74 Å². The molecule has 0 aliphatic rings. The maximum absolute atomic E-state index is 12.8. The molecule has 6 heteroatoms. The minimum absolute atomic E-state index is 0.347. The molecule has 0 heterocycles. The van der Waals surface area contributed by atoms with Gasteiger partial charge >= 0.3 is 6.18 Å². The van der Waals surface area contributed by atoms with Crippen molar-refractivity contribution in [1.29, 1.82) is 0 Å². The van der Waals surface area contributed by atoms with Gasteiger partial charge in [-0.25, -0.2) is 0 Å².